The molecule has 4 rings (SSSR count). The maximum absolute atomic E-state index is 13.1. The highest BCUT2D eigenvalue weighted by atomic mass is 35.5. The minimum atomic E-state index is -0.372. The highest BCUT2D eigenvalue weighted by molar-refractivity contribution is 6.31. The van der Waals surface area contributed by atoms with Crippen LogP contribution in [-0.4, -0.2) is 45.8 Å². The molecular formula is C22H25ClFN5O2. The molecule has 7 nitrogen and oxygen atoms in total. The first-order valence-electron chi connectivity index (χ1n) is 10.5. The van der Waals surface area contributed by atoms with Crippen molar-refractivity contribution < 1.29 is 14.0 Å². The fraction of sp³-hybridized carbons (Fsp3) is 0.455. The van der Waals surface area contributed by atoms with Gasteiger partial charge < -0.3 is 16.0 Å². The van der Waals surface area contributed by atoms with E-state index in [0.29, 0.717) is 41.7 Å². The summed E-state index contributed by atoms with van der Waals surface area (Å²) in [6, 6.07) is 5.64. The number of likely N-dealkylation sites (tertiary alicyclic amines) is 1. The van der Waals surface area contributed by atoms with Gasteiger partial charge >= 0.3 is 0 Å². The lowest BCUT2D eigenvalue weighted by Crippen LogP contribution is -2.34. The zero-order chi connectivity index (χ0) is 22.0. The molecule has 1 aromatic carbocycles. The van der Waals surface area contributed by atoms with Gasteiger partial charge in [0.1, 0.15) is 5.82 Å². The second-order valence-corrected chi connectivity index (χ2v) is 8.68. The lowest BCUT2D eigenvalue weighted by Gasteiger charge is -2.28. The Labute approximate surface area is 185 Å². The van der Waals surface area contributed by atoms with Gasteiger partial charge in [-0.25, -0.2) is 14.4 Å². The van der Waals surface area contributed by atoms with Crippen LogP contribution in [0, 0.1) is 11.7 Å². The van der Waals surface area contributed by atoms with Gasteiger partial charge in [-0.15, -0.1) is 0 Å². The topological polar surface area (TPSA) is 101 Å². The Bertz CT molecular complexity index is 971. The number of benzene rings is 1. The zero-order valence-electron chi connectivity index (χ0n) is 17.1. The Morgan fingerprint density at radius 3 is 2.71 bits per heavy atom. The molecule has 2 amide bonds. The summed E-state index contributed by atoms with van der Waals surface area (Å²) in [6.45, 7) is 1.06. The lowest BCUT2D eigenvalue weighted by molar-refractivity contribution is -0.122. The molecule has 1 aliphatic heterocycles. The quantitative estimate of drug-likeness (QED) is 0.734. The van der Waals surface area contributed by atoms with Gasteiger partial charge in [0.2, 0.25) is 11.9 Å². The summed E-state index contributed by atoms with van der Waals surface area (Å²) in [5.74, 6) is -0.433. The van der Waals surface area contributed by atoms with Crippen LogP contribution in [-0.2, 0) is 4.79 Å². The molecule has 3 atom stereocenters. The monoisotopic (exact) mass is 445 g/mol. The van der Waals surface area contributed by atoms with Crippen molar-refractivity contribution in [2.75, 3.05) is 18.4 Å². The third-order valence-electron chi connectivity index (χ3n) is 6.13. The molecule has 1 saturated heterocycles. The van der Waals surface area contributed by atoms with E-state index in [1.165, 1.54) is 24.3 Å². The van der Waals surface area contributed by atoms with E-state index in [0.717, 1.165) is 25.7 Å². The third kappa shape index (κ3) is 4.95. The van der Waals surface area contributed by atoms with E-state index in [-0.39, 0.29) is 35.5 Å². The van der Waals surface area contributed by atoms with Crippen molar-refractivity contribution in [2.45, 2.75) is 44.1 Å². The molecule has 1 saturated carbocycles. The summed E-state index contributed by atoms with van der Waals surface area (Å²) >= 11 is 6.39. The van der Waals surface area contributed by atoms with Crippen LogP contribution in [0.1, 0.15) is 54.1 Å². The fourth-order valence-electron chi connectivity index (χ4n) is 4.44. The van der Waals surface area contributed by atoms with E-state index in [4.69, 9.17) is 17.3 Å². The van der Waals surface area contributed by atoms with E-state index in [1.54, 1.807) is 11.1 Å². The van der Waals surface area contributed by atoms with Crippen LogP contribution in [0.5, 0.6) is 0 Å². The third-order valence-corrected chi connectivity index (χ3v) is 6.43. The largest absolute Gasteiger partial charge is 0.369 e. The van der Waals surface area contributed by atoms with Crippen LogP contribution in [0.2, 0.25) is 5.02 Å². The predicted octanol–water partition coefficient (Wildman–Crippen LogP) is 3.35. The average Bonchev–Trinajstić information content (AvgIpc) is 3.25. The Morgan fingerprint density at radius 1 is 1.19 bits per heavy atom. The van der Waals surface area contributed by atoms with E-state index < -0.39 is 0 Å². The SMILES string of the molecule is NC(=O)C1CCCC(Nc2ncc(Cl)c(C3CCN(C(=O)c4ccc(F)cc4)C3)n2)C1. The molecule has 31 heavy (non-hydrogen) atoms. The Balaban J connectivity index is 1.43. The highest BCUT2D eigenvalue weighted by Gasteiger charge is 2.31. The standard InChI is InChI=1S/C22H25ClFN5O2/c23-18-11-26-22(27-17-3-1-2-14(10-17)20(25)30)28-19(18)15-8-9-29(12-15)21(31)13-4-6-16(24)7-5-13/h4-7,11,14-15,17H,1-3,8-10,12H2,(H2,25,30)(H,26,27,28). The number of primary amides is 1. The van der Waals surface area contributed by atoms with Crippen molar-refractivity contribution in [3.05, 3.63) is 52.6 Å². The first-order chi connectivity index (χ1) is 14.9. The minimum absolute atomic E-state index is 0.00910. The summed E-state index contributed by atoms with van der Waals surface area (Å²) in [5.41, 5.74) is 6.63. The van der Waals surface area contributed by atoms with E-state index in [1.807, 2.05) is 0 Å². The molecule has 3 unspecified atom stereocenters. The number of nitrogens with one attached hydrogen (secondary N) is 1. The molecule has 1 aliphatic carbocycles. The number of aromatic nitrogens is 2. The number of hydrogen-bond donors (Lipinski definition) is 2. The first-order valence-corrected chi connectivity index (χ1v) is 10.9. The minimum Gasteiger partial charge on any atom is -0.369 e. The van der Waals surface area contributed by atoms with Crippen molar-refractivity contribution in [3.8, 4) is 0 Å². The van der Waals surface area contributed by atoms with Crippen molar-refractivity contribution in [2.24, 2.45) is 11.7 Å². The molecule has 2 aromatic rings. The van der Waals surface area contributed by atoms with E-state index >= 15 is 0 Å². The molecular weight excluding hydrogens is 421 g/mol. The molecule has 0 radical (unpaired) electrons. The predicted molar refractivity (Wildman–Crippen MR) is 115 cm³/mol. The molecule has 0 bridgehead atoms. The van der Waals surface area contributed by atoms with Crippen molar-refractivity contribution >= 4 is 29.4 Å². The highest BCUT2D eigenvalue weighted by Crippen LogP contribution is 2.32. The Kier molecular flexibility index (Phi) is 6.36. The van der Waals surface area contributed by atoms with Crippen molar-refractivity contribution in [3.63, 3.8) is 0 Å². The van der Waals surface area contributed by atoms with Gasteiger partial charge in [-0.1, -0.05) is 18.0 Å². The summed E-state index contributed by atoms with van der Waals surface area (Å²) < 4.78 is 13.1. The van der Waals surface area contributed by atoms with Gasteiger partial charge in [-0.3, -0.25) is 9.59 Å². The van der Waals surface area contributed by atoms with Gasteiger partial charge in [-0.05, 0) is 49.9 Å². The van der Waals surface area contributed by atoms with Crippen LogP contribution in [0.15, 0.2) is 30.5 Å². The van der Waals surface area contributed by atoms with Crippen LogP contribution < -0.4 is 11.1 Å². The molecule has 0 spiro atoms. The molecule has 2 aliphatic rings. The molecule has 9 heteroatoms. The normalized spacial score (nSPS) is 23.5. The number of halogens is 2. The van der Waals surface area contributed by atoms with E-state index in [9.17, 15) is 14.0 Å². The number of anilines is 1. The number of nitrogens with two attached hydrogens (primary N) is 1. The number of hydrogen-bond acceptors (Lipinski definition) is 5. The molecule has 164 valence electrons. The van der Waals surface area contributed by atoms with Gasteiger partial charge in [0.15, 0.2) is 0 Å². The summed E-state index contributed by atoms with van der Waals surface area (Å²) in [4.78, 5) is 34.9. The van der Waals surface area contributed by atoms with Crippen molar-refractivity contribution in [1.82, 2.24) is 14.9 Å². The number of rotatable bonds is 5. The second kappa shape index (κ2) is 9.18. The Hall–Kier alpha value is -2.74. The average molecular weight is 446 g/mol. The molecule has 2 heterocycles. The summed E-state index contributed by atoms with van der Waals surface area (Å²) in [5, 5.41) is 3.78. The summed E-state index contributed by atoms with van der Waals surface area (Å²) in [6.07, 6.45) is 5.64. The fourth-order valence-corrected chi connectivity index (χ4v) is 4.69. The maximum atomic E-state index is 13.1. The van der Waals surface area contributed by atoms with Crippen LogP contribution in [0.4, 0.5) is 10.3 Å². The molecule has 3 N–H and O–H groups in total. The lowest BCUT2D eigenvalue weighted by atomic mass is 9.85. The van der Waals surface area contributed by atoms with Crippen LogP contribution in [0.3, 0.4) is 0 Å². The number of carbonyl (C=O) groups is 2. The van der Waals surface area contributed by atoms with E-state index in [2.05, 4.69) is 15.3 Å². The molecule has 2 fully saturated rings. The van der Waals surface area contributed by atoms with Crippen molar-refractivity contribution in [1.29, 1.82) is 0 Å². The Morgan fingerprint density at radius 2 is 1.97 bits per heavy atom. The smallest absolute Gasteiger partial charge is 0.253 e. The van der Waals surface area contributed by atoms with Crippen LogP contribution in [0.25, 0.3) is 0 Å². The molecule has 1 aromatic heterocycles. The number of carbonyl (C=O) groups excluding carboxylic acids is 2. The van der Waals surface area contributed by atoms with Crippen LogP contribution >= 0.6 is 11.6 Å². The van der Waals surface area contributed by atoms with Gasteiger partial charge in [0.25, 0.3) is 5.91 Å². The maximum Gasteiger partial charge on any atom is 0.253 e. The van der Waals surface area contributed by atoms with Gasteiger partial charge in [-0.2, -0.15) is 0 Å². The first kappa shape index (κ1) is 21.5. The van der Waals surface area contributed by atoms with Gasteiger partial charge in [0.05, 0.1) is 16.9 Å². The zero-order valence-corrected chi connectivity index (χ0v) is 17.8. The number of nitrogens with zero attached hydrogens (tertiary/aromatic N) is 3. The summed E-state index contributed by atoms with van der Waals surface area (Å²) in [7, 11) is 0. The second-order valence-electron chi connectivity index (χ2n) is 8.28. The van der Waals surface area contributed by atoms with Gasteiger partial charge in [0, 0.05) is 36.5 Å². The number of amides is 2.